The summed E-state index contributed by atoms with van der Waals surface area (Å²) >= 11 is 2.74. The highest BCUT2D eigenvalue weighted by Crippen LogP contribution is 2.34. The number of hydrogen-bond donors (Lipinski definition) is 1. The Hall–Kier alpha value is -1.87. The molecule has 0 fully saturated rings. The third-order valence-corrected chi connectivity index (χ3v) is 6.15. The fraction of sp³-hybridized carbons (Fsp3) is 0.556. The van der Waals surface area contributed by atoms with E-state index in [1.165, 1.54) is 30.2 Å². The van der Waals surface area contributed by atoms with Crippen LogP contribution >= 0.6 is 23.1 Å². The number of nitrogens with one attached hydrogen (secondary N) is 1. The minimum atomic E-state index is -0.425. The molecule has 1 N–H and O–H groups in total. The van der Waals surface area contributed by atoms with Gasteiger partial charge in [0, 0.05) is 17.3 Å². The van der Waals surface area contributed by atoms with Crippen LogP contribution in [-0.4, -0.2) is 39.5 Å². The lowest BCUT2D eigenvalue weighted by Gasteiger charge is -2.09. The summed E-state index contributed by atoms with van der Waals surface area (Å²) in [5.74, 6) is 0.756. The topological polar surface area (TPSA) is 86.1 Å². The summed E-state index contributed by atoms with van der Waals surface area (Å²) < 4.78 is 6.91. The first kappa shape index (κ1) is 21.4. The molecule has 27 heavy (non-hydrogen) atoms. The molecule has 0 aliphatic rings. The Morgan fingerprint density at radius 3 is 2.56 bits per heavy atom. The summed E-state index contributed by atoms with van der Waals surface area (Å²) in [5.41, 5.74) is 1.38. The number of ether oxygens (including phenoxy) is 1. The molecule has 9 heteroatoms. The summed E-state index contributed by atoms with van der Waals surface area (Å²) in [5, 5.41) is 12.6. The monoisotopic (exact) mass is 410 g/mol. The first-order chi connectivity index (χ1) is 12.8. The van der Waals surface area contributed by atoms with Gasteiger partial charge in [0.05, 0.1) is 18.4 Å². The summed E-state index contributed by atoms with van der Waals surface area (Å²) in [6.45, 7) is 10.8. The maximum Gasteiger partial charge on any atom is 0.341 e. The first-order valence-corrected chi connectivity index (χ1v) is 10.7. The van der Waals surface area contributed by atoms with Gasteiger partial charge in [0.2, 0.25) is 5.91 Å². The minimum absolute atomic E-state index is 0.189. The van der Waals surface area contributed by atoms with Crippen LogP contribution < -0.4 is 5.32 Å². The second kappa shape index (κ2) is 9.36. The Bertz CT molecular complexity index is 827. The molecule has 2 aromatic heterocycles. The summed E-state index contributed by atoms with van der Waals surface area (Å²) in [6, 6.07) is 0. The van der Waals surface area contributed by atoms with Crippen LogP contribution in [0.4, 0.5) is 5.00 Å². The van der Waals surface area contributed by atoms with Crippen molar-refractivity contribution in [2.24, 2.45) is 0 Å². The predicted octanol–water partition coefficient (Wildman–Crippen LogP) is 3.87. The molecule has 0 bridgehead atoms. The highest BCUT2D eigenvalue weighted by molar-refractivity contribution is 7.99. The number of hydrogen-bond acceptors (Lipinski definition) is 7. The summed E-state index contributed by atoms with van der Waals surface area (Å²) in [7, 11) is 1.35. The van der Waals surface area contributed by atoms with Gasteiger partial charge in [0.1, 0.15) is 10.8 Å². The molecule has 7 nitrogen and oxygen atoms in total. The lowest BCUT2D eigenvalue weighted by atomic mass is 10.1. The van der Waals surface area contributed by atoms with Gasteiger partial charge in [0.25, 0.3) is 0 Å². The van der Waals surface area contributed by atoms with E-state index >= 15 is 0 Å². The quantitative estimate of drug-likeness (QED) is 0.525. The van der Waals surface area contributed by atoms with Gasteiger partial charge in [-0.15, -0.1) is 21.5 Å². The third-order valence-electron chi connectivity index (χ3n) is 4.12. The molecule has 2 rings (SSSR count). The number of amides is 1. The number of thiophene rings is 1. The van der Waals surface area contributed by atoms with E-state index in [4.69, 9.17) is 4.74 Å². The van der Waals surface area contributed by atoms with E-state index in [-0.39, 0.29) is 17.6 Å². The van der Waals surface area contributed by atoms with E-state index in [1.807, 2.05) is 25.3 Å². The van der Waals surface area contributed by atoms with Crippen LogP contribution in [0.3, 0.4) is 0 Å². The van der Waals surface area contributed by atoms with Crippen molar-refractivity contribution in [3.05, 3.63) is 21.8 Å². The van der Waals surface area contributed by atoms with Crippen LogP contribution in [0, 0.1) is 6.92 Å². The molecule has 0 unspecified atom stereocenters. The van der Waals surface area contributed by atoms with Crippen LogP contribution in [0.15, 0.2) is 5.16 Å². The predicted molar refractivity (Wildman–Crippen MR) is 109 cm³/mol. The van der Waals surface area contributed by atoms with E-state index in [0.717, 1.165) is 28.0 Å². The van der Waals surface area contributed by atoms with E-state index < -0.39 is 5.97 Å². The maximum atomic E-state index is 12.5. The maximum absolute atomic E-state index is 12.5. The molecule has 0 atom stereocenters. The largest absolute Gasteiger partial charge is 0.465 e. The van der Waals surface area contributed by atoms with Crippen molar-refractivity contribution in [2.45, 2.75) is 58.7 Å². The molecule has 0 spiro atoms. The van der Waals surface area contributed by atoms with E-state index in [0.29, 0.717) is 17.0 Å². The number of esters is 1. The lowest BCUT2D eigenvalue weighted by molar-refractivity contribution is -0.113. The Labute approximate surface area is 167 Å². The zero-order valence-corrected chi connectivity index (χ0v) is 18.2. The Morgan fingerprint density at radius 1 is 1.30 bits per heavy atom. The normalized spacial score (nSPS) is 11.1. The molecule has 2 aromatic rings. The van der Waals surface area contributed by atoms with E-state index in [2.05, 4.69) is 29.4 Å². The number of rotatable bonds is 8. The van der Waals surface area contributed by atoms with Gasteiger partial charge in [-0.3, -0.25) is 4.79 Å². The highest BCUT2D eigenvalue weighted by Gasteiger charge is 2.23. The van der Waals surface area contributed by atoms with Gasteiger partial charge < -0.3 is 14.6 Å². The van der Waals surface area contributed by atoms with Gasteiger partial charge in [0.15, 0.2) is 5.16 Å². The smallest absolute Gasteiger partial charge is 0.341 e. The van der Waals surface area contributed by atoms with Gasteiger partial charge in [-0.05, 0) is 25.8 Å². The molecule has 0 aliphatic carbocycles. The van der Waals surface area contributed by atoms with Crippen molar-refractivity contribution in [3.8, 4) is 0 Å². The Kier molecular flexibility index (Phi) is 7.43. The second-order valence-electron chi connectivity index (χ2n) is 6.26. The van der Waals surface area contributed by atoms with Gasteiger partial charge in [-0.2, -0.15) is 0 Å². The number of anilines is 1. The number of methoxy groups -OCH3 is 1. The van der Waals surface area contributed by atoms with Gasteiger partial charge in [-0.1, -0.05) is 32.5 Å². The molecule has 1 amide bonds. The zero-order valence-electron chi connectivity index (χ0n) is 16.6. The average molecular weight is 411 g/mol. The summed E-state index contributed by atoms with van der Waals surface area (Å²) in [4.78, 5) is 25.6. The fourth-order valence-electron chi connectivity index (χ4n) is 2.83. The number of carbonyl (C=O) groups is 2. The van der Waals surface area contributed by atoms with Gasteiger partial charge >= 0.3 is 5.97 Å². The molecule has 0 aromatic carbocycles. The van der Waals surface area contributed by atoms with Crippen molar-refractivity contribution < 1.29 is 14.3 Å². The average Bonchev–Trinajstić information content (AvgIpc) is 3.19. The summed E-state index contributed by atoms with van der Waals surface area (Å²) in [6.07, 6.45) is 0.703. The van der Waals surface area contributed by atoms with Crippen molar-refractivity contribution in [3.63, 3.8) is 0 Å². The number of aromatic nitrogens is 3. The molecule has 0 saturated heterocycles. The minimum Gasteiger partial charge on any atom is -0.465 e. The van der Waals surface area contributed by atoms with E-state index in [9.17, 15) is 9.59 Å². The number of nitrogens with zero attached hydrogens (tertiary/aromatic N) is 3. The van der Waals surface area contributed by atoms with Crippen LogP contribution in [0.25, 0.3) is 0 Å². The molecule has 148 valence electrons. The lowest BCUT2D eigenvalue weighted by Crippen LogP contribution is -2.16. The Balaban J connectivity index is 2.12. The zero-order chi connectivity index (χ0) is 20.1. The van der Waals surface area contributed by atoms with Crippen LogP contribution in [0.5, 0.6) is 0 Å². The number of carbonyl (C=O) groups excluding carboxylic acids is 2. The van der Waals surface area contributed by atoms with Crippen molar-refractivity contribution >= 4 is 40.0 Å². The van der Waals surface area contributed by atoms with Crippen molar-refractivity contribution in [1.82, 2.24) is 14.8 Å². The Morgan fingerprint density at radius 2 is 2.00 bits per heavy atom. The van der Waals surface area contributed by atoms with Crippen molar-refractivity contribution in [1.29, 1.82) is 0 Å². The molecule has 0 aliphatic heterocycles. The first-order valence-electron chi connectivity index (χ1n) is 8.90. The molecular formula is C18H26N4O3S2. The number of thioether (sulfide) groups is 1. The molecule has 0 radical (unpaired) electrons. The van der Waals surface area contributed by atoms with E-state index in [1.54, 1.807) is 0 Å². The SMILES string of the molecule is CCc1c(C)sc(NC(=O)CSc2nnc(C(C)C)n2CC)c1C(=O)OC. The second-order valence-corrected chi connectivity index (χ2v) is 8.43. The number of aryl methyl sites for hydroxylation is 1. The molecule has 2 heterocycles. The van der Waals surface area contributed by atoms with Gasteiger partial charge in [-0.25, -0.2) is 4.79 Å². The third kappa shape index (κ3) is 4.70. The molecule has 0 saturated carbocycles. The van der Waals surface area contributed by atoms with Crippen LogP contribution in [-0.2, 0) is 22.5 Å². The highest BCUT2D eigenvalue weighted by atomic mass is 32.2. The standard InChI is InChI=1S/C18H26N4O3S2/c1-7-12-11(5)27-16(14(12)17(24)25-6)19-13(23)9-26-18-21-20-15(10(3)4)22(18)8-2/h10H,7-9H2,1-6H3,(H,19,23). The van der Waals surface area contributed by atoms with Crippen molar-refractivity contribution in [2.75, 3.05) is 18.2 Å². The van der Waals surface area contributed by atoms with Crippen LogP contribution in [0.2, 0.25) is 0 Å². The molecular weight excluding hydrogens is 384 g/mol. The fourth-order valence-corrected chi connectivity index (χ4v) is 4.79. The van der Waals surface area contributed by atoms with Crippen LogP contribution in [0.1, 0.15) is 60.2 Å².